The van der Waals surface area contributed by atoms with Gasteiger partial charge in [0.2, 0.25) is 0 Å². The van der Waals surface area contributed by atoms with Crippen molar-refractivity contribution in [2.24, 2.45) is 0 Å². The second-order valence-electron chi connectivity index (χ2n) is 1.97. The van der Waals surface area contributed by atoms with Crippen LogP contribution in [-0.4, -0.2) is 23.7 Å². The lowest BCUT2D eigenvalue weighted by atomic mass is 10.6. The molecule has 0 N–H and O–H groups in total. The molecule has 1 nitrogen and oxygen atoms in total. The van der Waals surface area contributed by atoms with Gasteiger partial charge in [-0.2, -0.15) is 0 Å². The van der Waals surface area contributed by atoms with Gasteiger partial charge in [-0.3, -0.25) is 4.31 Å². The van der Waals surface area contributed by atoms with E-state index in [9.17, 15) is 0 Å². The summed E-state index contributed by atoms with van der Waals surface area (Å²) in [7, 11) is 4.12. The predicted molar refractivity (Wildman–Crippen MR) is 43.7 cm³/mol. The first kappa shape index (κ1) is 11.4. The Morgan fingerprint density at radius 2 is 1.62 bits per heavy atom. The second-order valence-corrected chi connectivity index (χ2v) is 3.85. The molecule has 0 aliphatic heterocycles. The average molecular weight is 156 g/mol. The molecule has 0 unspecified atom stereocenters. The van der Waals surface area contributed by atoms with Crippen molar-refractivity contribution in [3.8, 4) is 0 Å². The number of halogens is 1. The number of nitrogens with zero attached hydrogens (tertiary/aromatic N) is 1. The van der Waals surface area contributed by atoms with Crippen LogP contribution in [0.4, 0.5) is 0 Å². The predicted octanol–water partition coefficient (Wildman–Crippen LogP) is 2.03. The molecule has 0 rings (SSSR count). The van der Waals surface area contributed by atoms with Crippen LogP contribution in [0.1, 0.15) is 13.8 Å². The molecule has 0 aliphatic carbocycles. The Morgan fingerprint density at radius 1 is 1.25 bits per heavy atom. The van der Waals surface area contributed by atoms with E-state index in [-0.39, 0.29) is 12.4 Å². The summed E-state index contributed by atoms with van der Waals surface area (Å²) in [6.45, 7) is 4.37. The van der Waals surface area contributed by atoms with Gasteiger partial charge in [0.15, 0.2) is 0 Å². The van der Waals surface area contributed by atoms with Crippen molar-refractivity contribution in [2.75, 3.05) is 14.1 Å². The van der Waals surface area contributed by atoms with E-state index < -0.39 is 0 Å². The van der Waals surface area contributed by atoms with Crippen molar-refractivity contribution in [1.82, 2.24) is 4.31 Å². The van der Waals surface area contributed by atoms with Crippen LogP contribution in [0, 0.1) is 0 Å². The zero-order valence-electron chi connectivity index (χ0n) is 5.84. The summed E-state index contributed by atoms with van der Waals surface area (Å²) in [5.74, 6) is 0. The minimum Gasteiger partial charge on any atom is -0.257 e. The molecule has 0 heterocycles. The molecule has 0 bridgehead atoms. The van der Waals surface area contributed by atoms with Gasteiger partial charge in [0, 0.05) is 5.25 Å². The first-order valence-electron chi connectivity index (χ1n) is 2.47. The summed E-state index contributed by atoms with van der Waals surface area (Å²) < 4.78 is 2.12. The molecule has 0 aliphatic rings. The van der Waals surface area contributed by atoms with Gasteiger partial charge in [0.05, 0.1) is 0 Å². The molecule has 0 amide bonds. The van der Waals surface area contributed by atoms with E-state index in [1.807, 2.05) is 11.9 Å². The Bertz CT molecular complexity index is 41.7. The third kappa shape index (κ3) is 9.78. The monoisotopic (exact) mass is 155 g/mol. The molecule has 0 radical (unpaired) electrons. The Balaban J connectivity index is 0. The van der Waals surface area contributed by atoms with Gasteiger partial charge < -0.3 is 0 Å². The molecule has 8 heavy (non-hydrogen) atoms. The highest BCUT2D eigenvalue weighted by molar-refractivity contribution is 7.97. The van der Waals surface area contributed by atoms with Crippen LogP contribution in [0.3, 0.4) is 0 Å². The van der Waals surface area contributed by atoms with Crippen LogP contribution in [0.5, 0.6) is 0 Å². The lowest BCUT2D eigenvalue weighted by molar-refractivity contribution is 0.696. The Hall–Kier alpha value is 0.600. The summed E-state index contributed by atoms with van der Waals surface area (Å²) in [5.41, 5.74) is 0. The average Bonchev–Trinajstić information content (AvgIpc) is 1.27. The van der Waals surface area contributed by atoms with E-state index >= 15 is 0 Å². The molecule has 0 atom stereocenters. The van der Waals surface area contributed by atoms with Crippen molar-refractivity contribution in [3.63, 3.8) is 0 Å². The van der Waals surface area contributed by atoms with E-state index in [1.54, 1.807) is 0 Å². The Morgan fingerprint density at radius 3 is 1.62 bits per heavy atom. The first-order valence-corrected chi connectivity index (χ1v) is 3.30. The van der Waals surface area contributed by atoms with Gasteiger partial charge in [0.1, 0.15) is 0 Å². The minimum atomic E-state index is 0. The summed E-state index contributed by atoms with van der Waals surface area (Å²) >= 11 is 1.84. The molecule has 0 saturated heterocycles. The molecule has 52 valence electrons. The quantitative estimate of drug-likeness (QED) is 0.562. The SMILES string of the molecule is CC(C)SN(C)C.Cl. The molecule has 0 spiro atoms. The molecule has 0 aromatic rings. The van der Waals surface area contributed by atoms with Crippen molar-refractivity contribution in [3.05, 3.63) is 0 Å². The zero-order valence-corrected chi connectivity index (χ0v) is 7.47. The number of hydrogen-bond donors (Lipinski definition) is 0. The smallest absolute Gasteiger partial charge is 0.0138 e. The fourth-order valence-electron chi connectivity index (χ4n) is 0.422. The van der Waals surface area contributed by atoms with Crippen LogP contribution in [0.15, 0.2) is 0 Å². The fraction of sp³-hybridized carbons (Fsp3) is 1.00. The number of hydrogen-bond acceptors (Lipinski definition) is 2. The highest BCUT2D eigenvalue weighted by Gasteiger charge is 1.92. The third-order valence-corrected chi connectivity index (χ3v) is 1.26. The Labute approximate surface area is 62.4 Å². The maximum atomic E-state index is 2.19. The summed E-state index contributed by atoms with van der Waals surface area (Å²) in [6, 6.07) is 0. The lowest BCUT2D eigenvalue weighted by Crippen LogP contribution is -2.04. The van der Waals surface area contributed by atoms with Gasteiger partial charge in [0.25, 0.3) is 0 Å². The third-order valence-electron chi connectivity index (χ3n) is 0.422. The van der Waals surface area contributed by atoms with Crippen LogP contribution < -0.4 is 0 Å². The molecule has 0 saturated carbocycles. The van der Waals surface area contributed by atoms with E-state index in [1.165, 1.54) is 0 Å². The zero-order chi connectivity index (χ0) is 5.86. The maximum Gasteiger partial charge on any atom is 0.0138 e. The van der Waals surface area contributed by atoms with Crippen LogP contribution in [-0.2, 0) is 0 Å². The van der Waals surface area contributed by atoms with Crippen LogP contribution in [0.25, 0.3) is 0 Å². The molecular formula is C5H14ClNS. The highest BCUT2D eigenvalue weighted by atomic mass is 35.5. The largest absolute Gasteiger partial charge is 0.257 e. The van der Waals surface area contributed by atoms with Crippen molar-refractivity contribution in [2.45, 2.75) is 19.1 Å². The molecule has 0 aromatic heterocycles. The van der Waals surface area contributed by atoms with Crippen molar-refractivity contribution in [1.29, 1.82) is 0 Å². The fourth-order valence-corrected chi connectivity index (χ4v) is 1.26. The Kier molecular flexibility index (Phi) is 8.17. The normalized spacial score (nSPS) is 9.75. The summed E-state index contributed by atoms with van der Waals surface area (Å²) in [5, 5.41) is 0.718. The second kappa shape index (κ2) is 5.73. The molecule has 0 fully saturated rings. The summed E-state index contributed by atoms with van der Waals surface area (Å²) in [4.78, 5) is 0. The van der Waals surface area contributed by atoms with Gasteiger partial charge in [-0.1, -0.05) is 25.8 Å². The van der Waals surface area contributed by atoms with Crippen LogP contribution >= 0.6 is 24.4 Å². The minimum absolute atomic E-state index is 0. The topological polar surface area (TPSA) is 3.24 Å². The van der Waals surface area contributed by atoms with Gasteiger partial charge in [-0.25, -0.2) is 0 Å². The van der Waals surface area contributed by atoms with Crippen molar-refractivity contribution >= 4 is 24.4 Å². The van der Waals surface area contributed by atoms with Crippen LogP contribution in [0.2, 0.25) is 0 Å². The van der Waals surface area contributed by atoms with E-state index in [2.05, 4.69) is 32.2 Å². The lowest BCUT2D eigenvalue weighted by Gasteiger charge is -2.09. The van der Waals surface area contributed by atoms with E-state index in [0.29, 0.717) is 0 Å². The molecular weight excluding hydrogens is 142 g/mol. The van der Waals surface area contributed by atoms with Gasteiger partial charge in [-0.05, 0) is 14.1 Å². The molecule has 3 heteroatoms. The molecule has 0 aromatic carbocycles. The van der Waals surface area contributed by atoms with Crippen molar-refractivity contribution < 1.29 is 0 Å². The standard InChI is InChI=1S/C5H13NS.ClH/c1-5(2)7-6(3)4;/h5H,1-4H3;1H. The summed E-state index contributed by atoms with van der Waals surface area (Å²) in [6.07, 6.45) is 0. The number of rotatable bonds is 2. The van der Waals surface area contributed by atoms with E-state index in [0.717, 1.165) is 5.25 Å². The van der Waals surface area contributed by atoms with Gasteiger partial charge >= 0.3 is 0 Å². The highest BCUT2D eigenvalue weighted by Crippen LogP contribution is 2.09. The first-order chi connectivity index (χ1) is 3.13. The van der Waals surface area contributed by atoms with Gasteiger partial charge in [-0.15, -0.1) is 12.4 Å². The van der Waals surface area contributed by atoms with E-state index in [4.69, 9.17) is 0 Å². The maximum absolute atomic E-state index is 2.19.